The van der Waals surface area contributed by atoms with Gasteiger partial charge in [0.1, 0.15) is 0 Å². The van der Waals surface area contributed by atoms with Crippen LogP contribution in [0.2, 0.25) is 0 Å². The van der Waals surface area contributed by atoms with Gasteiger partial charge in [0.2, 0.25) is 10.0 Å². The molecule has 1 aliphatic heterocycles. The molecule has 0 saturated carbocycles. The Kier molecular flexibility index (Phi) is 6.13. The molecule has 2 rings (SSSR count). The number of morpholine rings is 1. The second kappa shape index (κ2) is 7.86. The zero-order chi connectivity index (χ0) is 15.1. The fourth-order valence-electron chi connectivity index (χ4n) is 2.21. The van der Waals surface area contributed by atoms with Gasteiger partial charge in [-0.05, 0) is 24.1 Å². The minimum atomic E-state index is -3.46. The molecule has 7 heteroatoms. The second-order valence-corrected chi connectivity index (χ2v) is 6.74. The van der Waals surface area contributed by atoms with Gasteiger partial charge < -0.3 is 9.84 Å². The maximum absolute atomic E-state index is 12.1. The van der Waals surface area contributed by atoms with Crippen LogP contribution in [0.1, 0.15) is 5.56 Å². The summed E-state index contributed by atoms with van der Waals surface area (Å²) in [5, 5.41) is 8.84. The zero-order valence-electron chi connectivity index (χ0n) is 12.0. The van der Waals surface area contributed by atoms with Crippen molar-refractivity contribution in [2.24, 2.45) is 0 Å². The molecule has 0 amide bonds. The molecular weight excluding hydrogens is 292 g/mol. The normalized spacial score (nSPS) is 17.0. The van der Waals surface area contributed by atoms with Crippen LogP contribution in [-0.4, -0.2) is 64.4 Å². The van der Waals surface area contributed by atoms with Crippen LogP contribution in [0.15, 0.2) is 29.2 Å². The van der Waals surface area contributed by atoms with Gasteiger partial charge in [0.25, 0.3) is 0 Å². The van der Waals surface area contributed by atoms with Crippen LogP contribution in [0, 0.1) is 0 Å². The quantitative estimate of drug-likeness (QED) is 0.731. The van der Waals surface area contributed by atoms with Crippen LogP contribution in [0.3, 0.4) is 0 Å². The monoisotopic (exact) mass is 314 g/mol. The first kappa shape index (κ1) is 16.4. The molecule has 1 aromatic carbocycles. The average Bonchev–Trinajstić information content (AvgIpc) is 2.49. The van der Waals surface area contributed by atoms with E-state index in [1.165, 1.54) is 0 Å². The van der Waals surface area contributed by atoms with Crippen molar-refractivity contribution in [2.45, 2.75) is 11.3 Å². The van der Waals surface area contributed by atoms with E-state index in [0.717, 1.165) is 18.7 Å². The van der Waals surface area contributed by atoms with Gasteiger partial charge >= 0.3 is 0 Å². The molecule has 1 aliphatic rings. The Bertz CT molecular complexity index is 524. The molecular formula is C14H22N2O4S. The van der Waals surface area contributed by atoms with E-state index < -0.39 is 10.0 Å². The molecule has 21 heavy (non-hydrogen) atoms. The highest BCUT2D eigenvalue weighted by atomic mass is 32.2. The largest absolute Gasteiger partial charge is 0.396 e. The van der Waals surface area contributed by atoms with Crippen LogP contribution >= 0.6 is 0 Å². The number of benzene rings is 1. The van der Waals surface area contributed by atoms with Crippen molar-refractivity contribution in [3.05, 3.63) is 29.8 Å². The molecule has 1 fully saturated rings. The molecule has 0 aromatic heterocycles. The van der Waals surface area contributed by atoms with Crippen LogP contribution < -0.4 is 4.72 Å². The average molecular weight is 314 g/mol. The molecule has 1 heterocycles. The molecule has 0 atom stereocenters. The molecule has 2 N–H and O–H groups in total. The number of hydrogen-bond acceptors (Lipinski definition) is 5. The van der Waals surface area contributed by atoms with Crippen LogP contribution in [-0.2, 0) is 21.2 Å². The topological polar surface area (TPSA) is 78.9 Å². The van der Waals surface area contributed by atoms with Gasteiger partial charge in [-0.3, -0.25) is 4.90 Å². The van der Waals surface area contributed by atoms with Gasteiger partial charge in [-0.2, -0.15) is 0 Å². The Morgan fingerprint density at radius 1 is 1.19 bits per heavy atom. The molecule has 6 nitrogen and oxygen atoms in total. The lowest BCUT2D eigenvalue weighted by Crippen LogP contribution is -2.41. The Hall–Kier alpha value is -0.990. The summed E-state index contributed by atoms with van der Waals surface area (Å²) >= 11 is 0. The molecule has 0 bridgehead atoms. The standard InChI is InChI=1S/C14H22N2O4S/c17-10-5-13-1-3-14(4-2-13)21(18,19)15-6-7-16-8-11-20-12-9-16/h1-4,15,17H,5-12H2. The summed E-state index contributed by atoms with van der Waals surface area (Å²) in [6, 6.07) is 6.60. The summed E-state index contributed by atoms with van der Waals surface area (Å²) in [6.45, 7) is 4.24. The second-order valence-electron chi connectivity index (χ2n) is 4.97. The summed E-state index contributed by atoms with van der Waals surface area (Å²) in [5.41, 5.74) is 0.921. The van der Waals surface area contributed by atoms with Crippen molar-refractivity contribution in [1.29, 1.82) is 0 Å². The lowest BCUT2D eigenvalue weighted by atomic mass is 10.2. The van der Waals surface area contributed by atoms with Crippen molar-refractivity contribution in [1.82, 2.24) is 9.62 Å². The van der Waals surface area contributed by atoms with Crippen molar-refractivity contribution in [3.8, 4) is 0 Å². The summed E-state index contributed by atoms with van der Waals surface area (Å²) < 4.78 is 32.1. The van der Waals surface area contributed by atoms with Crippen molar-refractivity contribution in [3.63, 3.8) is 0 Å². The number of aliphatic hydroxyl groups excluding tert-OH is 1. The Labute approximate surface area is 125 Å². The molecule has 118 valence electrons. The number of sulfonamides is 1. The lowest BCUT2D eigenvalue weighted by molar-refractivity contribution is 0.0390. The van der Waals surface area contributed by atoms with Crippen molar-refractivity contribution < 1.29 is 18.3 Å². The molecule has 0 aliphatic carbocycles. The van der Waals surface area contributed by atoms with E-state index in [1.807, 2.05) is 0 Å². The number of nitrogens with one attached hydrogen (secondary N) is 1. The van der Waals surface area contributed by atoms with Gasteiger partial charge in [-0.1, -0.05) is 12.1 Å². The predicted octanol–water partition coefficient (Wildman–Crippen LogP) is -0.168. The van der Waals surface area contributed by atoms with Gasteiger partial charge in [-0.25, -0.2) is 13.1 Å². The third-order valence-corrected chi connectivity index (χ3v) is 4.93. The van der Waals surface area contributed by atoms with Gasteiger partial charge in [0, 0.05) is 32.8 Å². The number of hydrogen-bond donors (Lipinski definition) is 2. The third-order valence-electron chi connectivity index (χ3n) is 3.46. The van der Waals surface area contributed by atoms with Crippen LogP contribution in [0.25, 0.3) is 0 Å². The maximum atomic E-state index is 12.1. The molecule has 0 unspecified atom stereocenters. The van der Waals surface area contributed by atoms with E-state index in [4.69, 9.17) is 9.84 Å². The smallest absolute Gasteiger partial charge is 0.240 e. The van der Waals surface area contributed by atoms with E-state index in [-0.39, 0.29) is 11.5 Å². The highest BCUT2D eigenvalue weighted by molar-refractivity contribution is 7.89. The first-order valence-electron chi connectivity index (χ1n) is 7.11. The minimum Gasteiger partial charge on any atom is -0.396 e. The van der Waals surface area contributed by atoms with E-state index in [1.54, 1.807) is 24.3 Å². The summed E-state index contributed by atoms with van der Waals surface area (Å²) in [4.78, 5) is 2.43. The van der Waals surface area contributed by atoms with E-state index in [9.17, 15) is 8.42 Å². The fourth-order valence-corrected chi connectivity index (χ4v) is 3.23. The molecule has 1 aromatic rings. The fraction of sp³-hybridized carbons (Fsp3) is 0.571. The van der Waals surface area contributed by atoms with Crippen LogP contribution in [0.4, 0.5) is 0 Å². The van der Waals surface area contributed by atoms with Gasteiger partial charge in [0.15, 0.2) is 0 Å². The summed E-state index contributed by atoms with van der Waals surface area (Å²) in [6.07, 6.45) is 0.533. The highest BCUT2D eigenvalue weighted by Gasteiger charge is 2.15. The maximum Gasteiger partial charge on any atom is 0.240 e. The summed E-state index contributed by atoms with van der Waals surface area (Å²) in [7, 11) is -3.46. The first-order valence-corrected chi connectivity index (χ1v) is 8.60. The minimum absolute atomic E-state index is 0.0594. The van der Waals surface area contributed by atoms with Crippen molar-refractivity contribution >= 4 is 10.0 Å². The molecule has 0 spiro atoms. The summed E-state index contributed by atoms with van der Waals surface area (Å²) in [5.74, 6) is 0. The Balaban J connectivity index is 1.85. The van der Waals surface area contributed by atoms with E-state index in [2.05, 4.69) is 9.62 Å². The molecule has 0 radical (unpaired) electrons. The van der Waals surface area contributed by atoms with Crippen molar-refractivity contribution in [2.75, 3.05) is 46.0 Å². The van der Waals surface area contributed by atoms with Crippen LogP contribution in [0.5, 0.6) is 0 Å². The first-order chi connectivity index (χ1) is 10.1. The molecule has 1 saturated heterocycles. The van der Waals surface area contributed by atoms with Gasteiger partial charge in [-0.15, -0.1) is 0 Å². The zero-order valence-corrected chi connectivity index (χ0v) is 12.8. The van der Waals surface area contributed by atoms with Gasteiger partial charge in [0.05, 0.1) is 18.1 Å². The number of rotatable bonds is 7. The SMILES string of the molecule is O=S(=O)(NCCN1CCOCC1)c1ccc(CCO)cc1. The van der Waals surface area contributed by atoms with E-state index >= 15 is 0 Å². The lowest BCUT2D eigenvalue weighted by Gasteiger charge is -2.26. The Morgan fingerprint density at radius 2 is 1.86 bits per heavy atom. The third kappa shape index (κ3) is 5.05. The number of ether oxygens (including phenoxy) is 1. The van der Waals surface area contributed by atoms with E-state index in [0.29, 0.717) is 32.7 Å². The highest BCUT2D eigenvalue weighted by Crippen LogP contribution is 2.10. The Morgan fingerprint density at radius 3 is 2.48 bits per heavy atom. The predicted molar refractivity (Wildman–Crippen MR) is 79.7 cm³/mol. The number of aliphatic hydroxyl groups is 1. The number of nitrogens with zero attached hydrogens (tertiary/aromatic N) is 1.